The minimum atomic E-state index is 0.241. The smallest absolute Gasteiger partial charge is 0.136 e. The SMILES string of the molecule is [2H]c1cc(-c2cc(-c3cnc4c(ccc5cccnc54)c3)nc(-c3ccc4ccnnc4c3)c2)cc2c1oc1c([2H])ccc(-c3ccccc3)c12. The Labute approximate surface area is 283 Å². The summed E-state index contributed by atoms with van der Waals surface area (Å²) in [4.78, 5) is 14.6. The van der Waals surface area contributed by atoms with Crippen molar-refractivity contribution in [3.63, 3.8) is 0 Å². The normalized spacial score (nSPS) is 12.2. The molecule has 0 bridgehead atoms. The number of pyridine rings is 3. The molecule has 0 aliphatic carbocycles. The maximum atomic E-state index is 9.11. The molecule has 0 N–H and O–H groups in total. The lowest BCUT2D eigenvalue weighted by Crippen LogP contribution is -1.93. The van der Waals surface area contributed by atoms with Crippen LogP contribution < -0.4 is 0 Å². The second-order valence-corrected chi connectivity index (χ2v) is 12.1. The van der Waals surface area contributed by atoms with Gasteiger partial charge < -0.3 is 4.42 Å². The first-order chi connectivity index (χ1) is 25.1. The molecule has 5 aromatic carbocycles. The fraction of sp³-hybridized carbons (Fsp3) is 0. The van der Waals surface area contributed by atoms with E-state index in [0.29, 0.717) is 11.2 Å². The van der Waals surface area contributed by atoms with Crippen molar-refractivity contribution in [2.24, 2.45) is 0 Å². The number of fused-ring (bicyclic) bond motifs is 7. The summed E-state index contributed by atoms with van der Waals surface area (Å²) in [6.07, 6.45) is 5.32. The zero-order valence-corrected chi connectivity index (χ0v) is 25.9. The maximum absolute atomic E-state index is 9.11. The van der Waals surface area contributed by atoms with Crippen LogP contribution in [0, 0.1) is 0 Å². The van der Waals surface area contributed by atoms with Crippen LogP contribution in [-0.2, 0) is 0 Å². The van der Waals surface area contributed by atoms with Crippen molar-refractivity contribution in [3.05, 3.63) is 152 Å². The fourth-order valence-corrected chi connectivity index (χ4v) is 6.72. The van der Waals surface area contributed by atoms with Crippen molar-refractivity contribution in [2.75, 3.05) is 0 Å². The second kappa shape index (κ2) is 10.9. The van der Waals surface area contributed by atoms with E-state index in [1.807, 2.05) is 85.1 Å². The van der Waals surface area contributed by atoms with E-state index in [1.165, 1.54) is 0 Å². The van der Waals surface area contributed by atoms with Gasteiger partial charge in [-0.15, -0.1) is 0 Å². The molecule has 0 unspecified atom stereocenters. The third-order valence-corrected chi connectivity index (χ3v) is 9.11. The summed E-state index contributed by atoms with van der Waals surface area (Å²) in [6, 6.07) is 40.5. The molecule has 10 rings (SSSR count). The molecule has 49 heavy (non-hydrogen) atoms. The molecule has 0 atom stereocenters. The highest BCUT2D eigenvalue weighted by molar-refractivity contribution is 6.13. The highest BCUT2D eigenvalue weighted by atomic mass is 16.3. The van der Waals surface area contributed by atoms with Crippen LogP contribution in [0.5, 0.6) is 0 Å². The van der Waals surface area contributed by atoms with Crippen LogP contribution in [0.3, 0.4) is 0 Å². The van der Waals surface area contributed by atoms with Crippen LogP contribution in [0.2, 0.25) is 0 Å². The van der Waals surface area contributed by atoms with Crippen LogP contribution >= 0.6 is 0 Å². The molecule has 0 saturated carbocycles. The van der Waals surface area contributed by atoms with Crippen molar-refractivity contribution in [1.82, 2.24) is 25.1 Å². The van der Waals surface area contributed by atoms with Gasteiger partial charge >= 0.3 is 0 Å². The molecule has 0 aliphatic rings. The number of benzene rings is 5. The Bertz CT molecular complexity index is 3020. The van der Waals surface area contributed by atoms with Crippen molar-refractivity contribution < 1.29 is 7.16 Å². The van der Waals surface area contributed by atoms with Gasteiger partial charge in [-0.25, -0.2) is 4.98 Å². The van der Waals surface area contributed by atoms with E-state index in [9.17, 15) is 0 Å². The average Bonchev–Trinajstić information content (AvgIpc) is 3.59. The topological polar surface area (TPSA) is 77.6 Å². The minimum absolute atomic E-state index is 0.241. The molecule has 0 radical (unpaired) electrons. The van der Waals surface area contributed by atoms with Gasteiger partial charge in [-0.1, -0.05) is 78.9 Å². The van der Waals surface area contributed by atoms with Gasteiger partial charge in [-0.05, 0) is 76.8 Å². The van der Waals surface area contributed by atoms with Gasteiger partial charge in [0.25, 0.3) is 0 Å². The highest BCUT2D eigenvalue weighted by Crippen LogP contribution is 2.39. The Balaban J connectivity index is 1.21. The average molecular weight is 630 g/mol. The molecule has 0 amide bonds. The Kier molecular flexibility index (Phi) is 5.63. The summed E-state index contributed by atoms with van der Waals surface area (Å²) in [6.45, 7) is 0. The first kappa shape index (κ1) is 25.3. The number of hydrogen-bond donors (Lipinski definition) is 0. The van der Waals surface area contributed by atoms with Gasteiger partial charge in [0.05, 0.1) is 36.9 Å². The van der Waals surface area contributed by atoms with E-state index in [2.05, 4.69) is 51.6 Å². The second-order valence-electron chi connectivity index (χ2n) is 12.1. The van der Waals surface area contributed by atoms with Crippen molar-refractivity contribution in [1.29, 1.82) is 0 Å². The van der Waals surface area contributed by atoms with Crippen LogP contribution in [0.25, 0.3) is 99.4 Å². The number of hydrogen-bond acceptors (Lipinski definition) is 6. The highest BCUT2D eigenvalue weighted by Gasteiger charge is 2.16. The Morgan fingerprint density at radius 2 is 1.39 bits per heavy atom. The predicted octanol–water partition coefficient (Wildman–Crippen LogP) is 10.7. The predicted molar refractivity (Wildman–Crippen MR) is 197 cm³/mol. The summed E-state index contributed by atoms with van der Waals surface area (Å²) in [5, 5.41) is 13.0. The third-order valence-electron chi connectivity index (χ3n) is 9.11. The van der Waals surface area contributed by atoms with Crippen LogP contribution in [0.1, 0.15) is 2.74 Å². The summed E-state index contributed by atoms with van der Waals surface area (Å²) < 4.78 is 24.0. The lowest BCUT2D eigenvalue weighted by molar-refractivity contribution is 0.669. The molecule has 10 aromatic rings. The van der Waals surface area contributed by atoms with E-state index in [-0.39, 0.29) is 12.1 Å². The molecular formula is C43H25N5O. The zero-order chi connectivity index (χ0) is 34.1. The van der Waals surface area contributed by atoms with Crippen LogP contribution in [0.4, 0.5) is 0 Å². The van der Waals surface area contributed by atoms with Gasteiger partial charge in [0.15, 0.2) is 0 Å². The lowest BCUT2D eigenvalue weighted by Gasteiger charge is -2.12. The molecule has 228 valence electrons. The van der Waals surface area contributed by atoms with Crippen molar-refractivity contribution in [3.8, 4) is 44.8 Å². The number of rotatable bonds is 4. The van der Waals surface area contributed by atoms with E-state index in [4.69, 9.17) is 17.1 Å². The molecule has 0 saturated heterocycles. The van der Waals surface area contributed by atoms with Gasteiger partial charge in [-0.2, -0.15) is 10.2 Å². The van der Waals surface area contributed by atoms with E-state index >= 15 is 0 Å². The third kappa shape index (κ3) is 4.61. The van der Waals surface area contributed by atoms with Gasteiger partial charge in [0.2, 0.25) is 0 Å². The van der Waals surface area contributed by atoms with Crippen LogP contribution in [0.15, 0.2) is 156 Å². The summed E-state index contributed by atoms with van der Waals surface area (Å²) in [5.41, 5.74) is 10.3. The Morgan fingerprint density at radius 1 is 0.531 bits per heavy atom. The van der Waals surface area contributed by atoms with Crippen LogP contribution in [-0.4, -0.2) is 25.1 Å². The molecule has 6 nitrogen and oxygen atoms in total. The van der Waals surface area contributed by atoms with Gasteiger partial charge in [-0.3, -0.25) is 9.97 Å². The Hall–Kier alpha value is -6.79. The minimum Gasteiger partial charge on any atom is -0.456 e. The van der Waals surface area contributed by atoms with E-state index in [1.54, 1.807) is 18.5 Å². The van der Waals surface area contributed by atoms with Gasteiger partial charge in [0, 0.05) is 50.5 Å². The van der Waals surface area contributed by atoms with Gasteiger partial charge in [0.1, 0.15) is 11.2 Å². The molecule has 0 aliphatic heterocycles. The molecule has 6 heteroatoms. The van der Waals surface area contributed by atoms with E-state index < -0.39 is 0 Å². The molecular weight excluding hydrogens is 603 g/mol. The molecule has 0 spiro atoms. The number of furan rings is 1. The Morgan fingerprint density at radius 3 is 2.33 bits per heavy atom. The first-order valence-corrected chi connectivity index (χ1v) is 16.0. The monoisotopic (exact) mass is 629 g/mol. The summed E-state index contributed by atoms with van der Waals surface area (Å²) in [7, 11) is 0. The summed E-state index contributed by atoms with van der Waals surface area (Å²) in [5.74, 6) is 0. The molecule has 5 heterocycles. The maximum Gasteiger partial charge on any atom is 0.136 e. The lowest BCUT2D eigenvalue weighted by atomic mass is 9.96. The molecule has 5 aromatic heterocycles. The number of nitrogens with zero attached hydrogens (tertiary/aromatic N) is 5. The van der Waals surface area contributed by atoms with E-state index in [0.717, 1.165) is 88.2 Å². The summed E-state index contributed by atoms with van der Waals surface area (Å²) >= 11 is 0. The largest absolute Gasteiger partial charge is 0.456 e. The first-order valence-electron chi connectivity index (χ1n) is 17.0. The fourth-order valence-electron chi connectivity index (χ4n) is 6.72. The quantitative estimate of drug-likeness (QED) is 0.180. The standard InChI is InChI=1S/C43H25N5O/c1-2-6-26(7-3-1)34-9-4-10-40-41(34)35-21-29(15-16-39(35)49-40)32-23-36(30-13-11-27-17-19-46-48-38(27)22-30)47-37(24-32)33-20-31-14-12-28-8-5-18-44-42(28)43(31)45-25-33/h1-25H/i10D,16D. The molecule has 0 fully saturated rings. The zero-order valence-electron chi connectivity index (χ0n) is 27.9. The number of aromatic nitrogens is 5. The van der Waals surface area contributed by atoms with Crippen molar-refractivity contribution >= 4 is 54.6 Å². The van der Waals surface area contributed by atoms with Crippen molar-refractivity contribution in [2.45, 2.75) is 0 Å².